The van der Waals surface area contributed by atoms with Crippen LogP contribution in [0.1, 0.15) is 6.42 Å². The van der Waals surface area contributed by atoms with Gasteiger partial charge in [0, 0.05) is 12.8 Å². The van der Waals surface area contributed by atoms with Crippen molar-refractivity contribution in [3.8, 4) is 0 Å². The zero-order valence-corrected chi connectivity index (χ0v) is 6.24. The van der Waals surface area contributed by atoms with Crippen LogP contribution in [0.4, 0.5) is 0 Å². The lowest BCUT2D eigenvalue weighted by molar-refractivity contribution is 0.596. The summed E-state index contributed by atoms with van der Waals surface area (Å²) in [6, 6.07) is 0. The normalized spacial score (nSPS) is 11.8. The van der Waals surface area contributed by atoms with E-state index in [4.69, 9.17) is 5.84 Å². The molecule has 0 unspecified atom stereocenters. The summed E-state index contributed by atoms with van der Waals surface area (Å²) < 4.78 is 20.9. The Bertz CT molecular complexity index is 152. The first kappa shape index (κ1) is 8.87. The molecule has 0 saturated heterocycles. The lowest BCUT2D eigenvalue weighted by Crippen LogP contribution is -2.24. The van der Waals surface area contributed by atoms with Crippen molar-refractivity contribution in [2.45, 2.75) is 6.42 Å². The van der Waals surface area contributed by atoms with Crippen LogP contribution < -0.4 is 11.3 Å². The fraction of sp³-hybridized carbons (Fsp3) is 1.00. The molecule has 0 rings (SSSR count). The summed E-state index contributed by atoms with van der Waals surface area (Å²) in [7, 11) is -2.79. The van der Waals surface area contributed by atoms with Gasteiger partial charge in [-0.2, -0.15) is 0 Å². The molecule has 3 N–H and O–H groups in total. The Morgan fingerprint density at radius 2 is 2.11 bits per heavy atom. The van der Waals surface area contributed by atoms with Gasteiger partial charge in [-0.3, -0.25) is 11.3 Å². The maximum Gasteiger partial charge on any atom is 0.147 e. The first-order valence-corrected chi connectivity index (χ1v) is 4.73. The van der Waals surface area contributed by atoms with E-state index in [1.54, 1.807) is 0 Å². The second kappa shape index (κ2) is 3.81. The highest BCUT2D eigenvalue weighted by Crippen LogP contribution is 1.85. The summed E-state index contributed by atoms with van der Waals surface area (Å²) in [6.07, 6.45) is 1.79. The molecule has 9 heavy (non-hydrogen) atoms. The zero-order valence-electron chi connectivity index (χ0n) is 5.42. The van der Waals surface area contributed by atoms with Crippen LogP contribution in [0.15, 0.2) is 0 Å². The van der Waals surface area contributed by atoms with Crippen LogP contribution in [0, 0.1) is 0 Å². The van der Waals surface area contributed by atoms with Gasteiger partial charge in [0.05, 0.1) is 5.75 Å². The van der Waals surface area contributed by atoms with Crippen molar-refractivity contribution in [3.63, 3.8) is 0 Å². The highest BCUT2D eigenvalue weighted by Gasteiger charge is 1.98. The Labute approximate surface area is 55.3 Å². The summed E-state index contributed by atoms with van der Waals surface area (Å²) in [5, 5.41) is 0. The van der Waals surface area contributed by atoms with Gasteiger partial charge in [0.1, 0.15) is 9.84 Å². The third kappa shape index (κ3) is 7.87. The molecule has 0 saturated carbocycles. The van der Waals surface area contributed by atoms with E-state index in [1.165, 1.54) is 6.26 Å². The molecule has 0 aromatic rings. The van der Waals surface area contributed by atoms with E-state index in [1.807, 2.05) is 0 Å². The first-order valence-electron chi connectivity index (χ1n) is 2.67. The van der Waals surface area contributed by atoms with Crippen molar-refractivity contribution in [2.24, 2.45) is 5.84 Å². The van der Waals surface area contributed by atoms with E-state index in [2.05, 4.69) is 5.43 Å². The third-order valence-electron chi connectivity index (χ3n) is 0.836. The third-order valence-corrected chi connectivity index (χ3v) is 1.87. The molecule has 0 amide bonds. The Hall–Kier alpha value is -0.130. The SMILES string of the molecule is CS(=O)(=O)CCCNN. The lowest BCUT2D eigenvalue weighted by Gasteiger charge is -1.95. The molecular formula is C4H12N2O2S. The van der Waals surface area contributed by atoms with Gasteiger partial charge in [-0.1, -0.05) is 0 Å². The molecule has 0 atom stereocenters. The summed E-state index contributed by atoms with van der Waals surface area (Å²) in [5.74, 6) is 5.12. The smallest absolute Gasteiger partial charge is 0.147 e. The minimum absolute atomic E-state index is 0.206. The van der Waals surface area contributed by atoms with Crippen molar-refractivity contribution in [3.05, 3.63) is 0 Å². The highest BCUT2D eigenvalue weighted by atomic mass is 32.2. The van der Waals surface area contributed by atoms with E-state index >= 15 is 0 Å². The molecule has 0 spiro atoms. The number of sulfone groups is 1. The number of nitrogens with one attached hydrogen (secondary N) is 1. The van der Waals surface area contributed by atoms with Crippen LogP contribution in [0.2, 0.25) is 0 Å². The van der Waals surface area contributed by atoms with E-state index in [0.29, 0.717) is 13.0 Å². The second-order valence-corrected chi connectivity index (χ2v) is 4.20. The molecule has 0 aliphatic rings. The predicted octanol–water partition coefficient (Wildman–Crippen LogP) is -1.12. The van der Waals surface area contributed by atoms with Crippen LogP contribution in [0.3, 0.4) is 0 Å². The number of nitrogens with two attached hydrogens (primary N) is 1. The van der Waals surface area contributed by atoms with Crippen molar-refractivity contribution < 1.29 is 8.42 Å². The molecule has 4 nitrogen and oxygen atoms in total. The number of hydrogen-bond acceptors (Lipinski definition) is 4. The monoisotopic (exact) mass is 152 g/mol. The minimum atomic E-state index is -2.79. The van der Waals surface area contributed by atoms with Gasteiger partial charge in [0.2, 0.25) is 0 Å². The van der Waals surface area contributed by atoms with E-state index in [-0.39, 0.29) is 5.75 Å². The van der Waals surface area contributed by atoms with Gasteiger partial charge in [-0.25, -0.2) is 8.42 Å². The van der Waals surface area contributed by atoms with Crippen molar-refractivity contribution in [2.75, 3.05) is 18.6 Å². The molecule has 0 radical (unpaired) electrons. The van der Waals surface area contributed by atoms with Gasteiger partial charge >= 0.3 is 0 Å². The van der Waals surface area contributed by atoms with Gasteiger partial charge < -0.3 is 0 Å². The van der Waals surface area contributed by atoms with Crippen molar-refractivity contribution >= 4 is 9.84 Å². The summed E-state index contributed by atoms with van der Waals surface area (Å²) in [4.78, 5) is 0. The average molecular weight is 152 g/mol. The van der Waals surface area contributed by atoms with Gasteiger partial charge in [0.25, 0.3) is 0 Å². The predicted molar refractivity (Wildman–Crippen MR) is 36.5 cm³/mol. The second-order valence-electron chi connectivity index (χ2n) is 1.94. The van der Waals surface area contributed by atoms with Crippen molar-refractivity contribution in [1.29, 1.82) is 0 Å². The zero-order chi connectivity index (χ0) is 7.33. The van der Waals surface area contributed by atoms with Gasteiger partial charge in [-0.05, 0) is 6.42 Å². The highest BCUT2D eigenvalue weighted by molar-refractivity contribution is 7.90. The molecule has 0 fully saturated rings. The van der Waals surface area contributed by atoms with Crippen LogP contribution in [0.5, 0.6) is 0 Å². The molecule has 5 heteroatoms. The maximum absolute atomic E-state index is 10.4. The Kier molecular flexibility index (Phi) is 3.76. The van der Waals surface area contributed by atoms with Crippen LogP contribution >= 0.6 is 0 Å². The fourth-order valence-electron chi connectivity index (χ4n) is 0.436. The lowest BCUT2D eigenvalue weighted by atomic mass is 10.5. The quantitative estimate of drug-likeness (QED) is 0.304. The first-order chi connectivity index (χ1) is 4.06. The van der Waals surface area contributed by atoms with Crippen LogP contribution in [-0.2, 0) is 9.84 Å². The van der Waals surface area contributed by atoms with Crippen LogP contribution in [0.25, 0.3) is 0 Å². The number of hydrazine groups is 1. The van der Waals surface area contributed by atoms with Gasteiger partial charge in [-0.15, -0.1) is 0 Å². The summed E-state index contributed by atoms with van der Waals surface area (Å²) >= 11 is 0. The van der Waals surface area contributed by atoms with Crippen LogP contribution in [-0.4, -0.2) is 27.0 Å². The van der Waals surface area contributed by atoms with Crippen molar-refractivity contribution in [1.82, 2.24) is 5.43 Å². The largest absolute Gasteiger partial charge is 0.271 e. The van der Waals surface area contributed by atoms with E-state index < -0.39 is 9.84 Å². The number of hydrogen-bond donors (Lipinski definition) is 2. The van der Waals surface area contributed by atoms with E-state index in [0.717, 1.165) is 0 Å². The molecule has 56 valence electrons. The fourth-order valence-corrected chi connectivity index (χ4v) is 1.11. The van der Waals surface area contributed by atoms with Gasteiger partial charge in [0.15, 0.2) is 0 Å². The number of rotatable bonds is 4. The molecule has 0 heterocycles. The molecular weight excluding hydrogens is 140 g/mol. The Morgan fingerprint density at radius 1 is 1.56 bits per heavy atom. The minimum Gasteiger partial charge on any atom is -0.271 e. The van der Waals surface area contributed by atoms with E-state index in [9.17, 15) is 8.42 Å². The molecule has 0 aliphatic heterocycles. The molecule has 0 aliphatic carbocycles. The Balaban J connectivity index is 3.30. The molecule has 0 aromatic heterocycles. The average Bonchev–Trinajstić information content (AvgIpc) is 1.63. The molecule has 0 aromatic carbocycles. The summed E-state index contributed by atoms with van der Waals surface area (Å²) in [5.41, 5.74) is 2.38. The topological polar surface area (TPSA) is 72.2 Å². The maximum atomic E-state index is 10.4. The standard InChI is InChI=1S/C4H12N2O2S/c1-9(7,8)4-2-3-6-5/h6H,2-5H2,1H3. The Morgan fingerprint density at radius 3 is 2.44 bits per heavy atom. The molecule has 0 bridgehead atoms. The summed E-state index contributed by atoms with van der Waals surface area (Å²) in [6.45, 7) is 0.549.